The molecular formula is C11H10Cl2N2O2. The Bertz CT molecular complexity index is 580. The molecule has 1 heterocycles. The molecule has 17 heavy (non-hydrogen) atoms. The minimum absolute atomic E-state index is 0.447. The van der Waals surface area contributed by atoms with E-state index in [0.717, 1.165) is 5.52 Å². The number of aromatic nitrogens is 1. The third-order valence-corrected chi connectivity index (χ3v) is 3.03. The van der Waals surface area contributed by atoms with Crippen molar-refractivity contribution in [1.82, 2.24) is 4.98 Å². The maximum atomic E-state index is 11.4. The lowest BCUT2D eigenvalue weighted by molar-refractivity contribution is -0.142. The molecule has 6 heteroatoms. The maximum Gasteiger partial charge on any atom is 0.327 e. The summed E-state index contributed by atoms with van der Waals surface area (Å²) in [6, 6.07) is 2.45. The molecule has 0 bridgehead atoms. The van der Waals surface area contributed by atoms with Gasteiger partial charge in [0.25, 0.3) is 0 Å². The number of halogens is 2. The smallest absolute Gasteiger partial charge is 0.327 e. The summed E-state index contributed by atoms with van der Waals surface area (Å²) >= 11 is 12.0. The zero-order valence-electron chi connectivity index (χ0n) is 8.96. The molecule has 3 N–H and O–H groups in total. The molecule has 2 aromatic rings. The van der Waals surface area contributed by atoms with Crippen LogP contribution in [0.2, 0.25) is 10.0 Å². The lowest BCUT2D eigenvalue weighted by Gasteiger charge is -2.08. The van der Waals surface area contributed by atoms with Crippen LogP contribution in [0, 0.1) is 0 Å². The lowest BCUT2D eigenvalue weighted by Crippen LogP contribution is -2.22. The summed E-state index contributed by atoms with van der Waals surface area (Å²) < 4.78 is 4.60. The molecule has 0 radical (unpaired) electrons. The van der Waals surface area contributed by atoms with E-state index in [2.05, 4.69) is 9.72 Å². The minimum Gasteiger partial charge on any atom is -0.468 e. The second-order valence-electron chi connectivity index (χ2n) is 3.56. The van der Waals surface area contributed by atoms with Crippen molar-refractivity contribution >= 4 is 40.1 Å². The van der Waals surface area contributed by atoms with Gasteiger partial charge < -0.3 is 15.5 Å². The quantitative estimate of drug-likeness (QED) is 0.826. The Morgan fingerprint density at radius 1 is 1.47 bits per heavy atom. The van der Waals surface area contributed by atoms with Crippen molar-refractivity contribution < 1.29 is 9.53 Å². The van der Waals surface area contributed by atoms with Crippen molar-refractivity contribution in [3.8, 4) is 0 Å². The first-order chi connectivity index (χ1) is 8.04. The first-order valence-corrected chi connectivity index (χ1v) is 5.59. The van der Waals surface area contributed by atoms with Crippen molar-refractivity contribution in [2.24, 2.45) is 5.73 Å². The molecule has 0 aliphatic carbocycles. The number of aromatic amines is 1. The van der Waals surface area contributed by atoms with Crippen molar-refractivity contribution in [3.05, 3.63) is 33.9 Å². The number of carbonyl (C=O) groups is 1. The zero-order chi connectivity index (χ0) is 12.6. The monoisotopic (exact) mass is 272 g/mol. The zero-order valence-corrected chi connectivity index (χ0v) is 10.5. The Kier molecular flexibility index (Phi) is 3.28. The fraction of sp³-hybridized carbons (Fsp3) is 0.182. The molecule has 2 rings (SSSR count). The summed E-state index contributed by atoms with van der Waals surface area (Å²) in [7, 11) is 1.29. The number of hydrogen-bond acceptors (Lipinski definition) is 3. The van der Waals surface area contributed by atoms with Gasteiger partial charge >= 0.3 is 5.97 Å². The topological polar surface area (TPSA) is 68.1 Å². The largest absolute Gasteiger partial charge is 0.468 e. The fourth-order valence-electron chi connectivity index (χ4n) is 1.71. The van der Waals surface area contributed by atoms with E-state index in [1.54, 1.807) is 18.3 Å². The number of benzene rings is 1. The van der Waals surface area contributed by atoms with Crippen molar-refractivity contribution in [2.75, 3.05) is 7.11 Å². The highest BCUT2D eigenvalue weighted by molar-refractivity contribution is 6.38. The molecule has 0 amide bonds. The van der Waals surface area contributed by atoms with Crippen molar-refractivity contribution in [3.63, 3.8) is 0 Å². The van der Waals surface area contributed by atoms with Crippen LogP contribution in [0.3, 0.4) is 0 Å². The highest BCUT2D eigenvalue weighted by atomic mass is 35.5. The Hall–Kier alpha value is -1.23. The number of methoxy groups -OCH3 is 1. The Labute approximate surface area is 108 Å². The molecule has 1 aromatic heterocycles. The fourth-order valence-corrected chi connectivity index (χ4v) is 2.31. The SMILES string of the molecule is COC(=O)C(N)c1c[nH]c2cc(Cl)cc(Cl)c12. The third-order valence-electron chi connectivity index (χ3n) is 2.52. The van der Waals surface area contributed by atoms with Gasteiger partial charge in [-0.3, -0.25) is 4.79 Å². The van der Waals surface area contributed by atoms with Crippen molar-refractivity contribution in [1.29, 1.82) is 0 Å². The molecule has 1 unspecified atom stereocenters. The average Bonchev–Trinajstić information content (AvgIpc) is 2.70. The standard InChI is InChI=1S/C11H10Cl2N2O2/c1-17-11(16)10(14)6-4-15-8-3-5(12)2-7(13)9(6)8/h2-4,10,15H,14H2,1H3. The van der Waals surface area contributed by atoms with E-state index in [1.807, 2.05) is 0 Å². The molecule has 1 aromatic carbocycles. The molecule has 0 fully saturated rings. The molecule has 0 saturated heterocycles. The number of nitrogens with one attached hydrogen (secondary N) is 1. The first-order valence-electron chi connectivity index (χ1n) is 4.84. The second-order valence-corrected chi connectivity index (χ2v) is 4.40. The van der Waals surface area contributed by atoms with Crippen LogP contribution < -0.4 is 5.73 Å². The average molecular weight is 273 g/mol. The van der Waals surface area contributed by atoms with Gasteiger partial charge in [0.2, 0.25) is 0 Å². The van der Waals surface area contributed by atoms with Gasteiger partial charge in [-0.05, 0) is 12.1 Å². The summed E-state index contributed by atoms with van der Waals surface area (Å²) in [4.78, 5) is 14.4. The third kappa shape index (κ3) is 2.11. The van der Waals surface area contributed by atoms with Crippen LogP contribution in [0.4, 0.5) is 0 Å². The van der Waals surface area contributed by atoms with Crippen LogP contribution >= 0.6 is 23.2 Å². The van der Waals surface area contributed by atoms with E-state index in [0.29, 0.717) is 21.0 Å². The van der Waals surface area contributed by atoms with Crippen molar-refractivity contribution in [2.45, 2.75) is 6.04 Å². The van der Waals surface area contributed by atoms with E-state index in [1.165, 1.54) is 7.11 Å². The predicted octanol–water partition coefficient (Wildman–Crippen LogP) is 2.65. The van der Waals surface area contributed by atoms with Crippen LogP contribution in [0.5, 0.6) is 0 Å². The number of carbonyl (C=O) groups excluding carboxylic acids is 1. The molecule has 0 spiro atoms. The highest BCUT2D eigenvalue weighted by Crippen LogP contribution is 2.32. The van der Waals surface area contributed by atoms with Gasteiger partial charge in [0, 0.05) is 27.7 Å². The summed E-state index contributed by atoms with van der Waals surface area (Å²) in [5.74, 6) is -0.517. The normalized spacial score (nSPS) is 12.7. The van der Waals surface area contributed by atoms with Gasteiger partial charge in [0.1, 0.15) is 6.04 Å². The van der Waals surface area contributed by atoms with E-state index in [4.69, 9.17) is 28.9 Å². The van der Waals surface area contributed by atoms with Crippen LogP contribution in [0.25, 0.3) is 10.9 Å². The van der Waals surface area contributed by atoms with Crippen LogP contribution in [0.1, 0.15) is 11.6 Å². The summed E-state index contributed by atoms with van der Waals surface area (Å²) in [6.07, 6.45) is 1.63. The lowest BCUT2D eigenvalue weighted by atomic mass is 10.1. The predicted molar refractivity (Wildman–Crippen MR) is 67.3 cm³/mol. The number of nitrogens with two attached hydrogens (primary N) is 1. The number of ether oxygens (including phenoxy) is 1. The van der Waals surface area contributed by atoms with Crippen LogP contribution in [-0.2, 0) is 9.53 Å². The molecule has 1 atom stereocenters. The van der Waals surface area contributed by atoms with E-state index >= 15 is 0 Å². The van der Waals surface area contributed by atoms with Gasteiger partial charge in [-0.15, -0.1) is 0 Å². The van der Waals surface area contributed by atoms with Gasteiger partial charge in [-0.1, -0.05) is 23.2 Å². The number of rotatable bonds is 2. The van der Waals surface area contributed by atoms with Crippen LogP contribution in [-0.4, -0.2) is 18.1 Å². The van der Waals surface area contributed by atoms with Gasteiger partial charge in [-0.2, -0.15) is 0 Å². The van der Waals surface area contributed by atoms with Gasteiger partial charge in [-0.25, -0.2) is 0 Å². The summed E-state index contributed by atoms with van der Waals surface area (Å²) in [5, 5.41) is 1.65. The molecule has 90 valence electrons. The number of hydrogen-bond donors (Lipinski definition) is 2. The molecule has 4 nitrogen and oxygen atoms in total. The van der Waals surface area contributed by atoms with Crippen LogP contribution in [0.15, 0.2) is 18.3 Å². The van der Waals surface area contributed by atoms with Gasteiger partial charge in [0.15, 0.2) is 0 Å². The number of fused-ring (bicyclic) bond motifs is 1. The Morgan fingerprint density at radius 2 is 2.18 bits per heavy atom. The minimum atomic E-state index is -0.868. The molecular weight excluding hydrogens is 263 g/mol. The summed E-state index contributed by atoms with van der Waals surface area (Å²) in [5.41, 5.74) is 7.10. The molecule has 0 saturated carbocycles. The Balaban J connectivity index is 2.60. The van der Waals surface area contributed by atoms with E-state index in [-0.39, 0.29) is 0 Å². The van der Waals surface area contributed by atoms with E-state index < -0.39 is 12.0 Å². The summed E-state index contributed by atoms with van der Waals surface area (Å²) in [6.45, 7) is 0. The molecule has 0 aliphatic heterocycles. The second kappa shape index (κ2) is 4.56. The number of esters is 1. The van der Waals surface area contributed by atoms with Gasteiger partial charge in [0.05, 0.1) is 12.1 Å². The molecule has 0 aliphatic rings. The number of H-pyrrole nitrogens is 1. The van der Waals surface area contributed by atoms with E-state index in [9.17, 15) is 4.79 Å². The Morgan fingerprint density at radius 3 is 2.82 bits per heavy atom. The highest BCUT2D eigenvalue weighted by Gasteiger charge is 2.21. The first kappa shape index (κ1) is 12.2. The maximum absolute atomic E-state index is 11.4.